The van der Waals surface area contributed by atoms with E-state index in [1.807, 2.05) is 55.5 Å². The number of amides is 2. The van der Waals surface area contributed by atoms with Gasteiger partial charge in [0.1, 0.15) is 5.75 Å². The van der Waals surface area contributed by atoms with E-state index in [9.17, 15) is 9.59 Å². The van der Waals surface area contributed by atoms with Crippen LogP contribution in [0.15, 0.2) is 53.4 Å². The van der Waals surface area contributed by atoms with Gasteiger partial charge < -0.3 is 10.1 Å². The largest absolute Gasteiger partial charge is 0.497 e. The number of nitrogens with zero attached hydrogens (tertiary/aromatic N) is 1. The van der Waals surface area contributed by atoms with Gasteiger partial charge in [0.05, 0.1) is 18.7 Å². The second-order valence-electron chi connectivity index (χ2n) is 5.59. The van der Waals surface area contributed by atoms with Gasteiger partial charge in [0, 0.05) is 5.69 Å². The van der Waals surface area contributed by atoms with Crippen LogP contribution in [0.25, 0.3) is 6.08 Å². The standard InChI is InChI=1S/C19H18N2O3S/c1-13-6-8-15(9-7-13)20-12-21-18(22)17(25-19(21)23)11-14-4-3-5-16(10-14)24-2/h3-11,20H,12H2,1-2H3/b17-11+. The van der Waals surface area contributed by atoms with Crippen LogP contribution in [0.4, 0.5) is 10.5 Å². The number of nitrogens with one attached hydrogen (secondary N) is 1. The van der Waals surface area contributed by atoms with E-state index in [0.29, 0.717) is 10.7 Å². The average Bonchev–Trinajstić information content (AvgIpc) is 2.88. The third-order valence-electron chi connectivity index (χ3n) is 3.76. The van der Waals surface area contributed by atoms with E-state index in [-0.39, 0.29) is 17.8 Å². The molecule has 6 heteroatoms. The highest BCUT2D eigenvalue weighted by Crippen LogP contribution is 2.32. The summed E-state index contributed by atoms with van der Waals surface area (Å²) >= 11 is 0.945. The lowest BCUT2D eigenvalue weighted by Gasteiger charge is -2.14. The molecule has 0 spiro atoms. The van der Waals surface area contributed by atoms with E-state index < -0.39 is 0 Å². The number of thioether (sulfide) groups is 1. The Hall–Kier alpha value is -2.73. The number of imide groups is 1. The highest BCUT2D eigenvalue weighted by molar-refractivity contribution is 8.18. The first-order valence-electron chi connectivity index (χ1n) is 7.77. The van der Waals surface area contributed by atoms with Crippen LogP contribution in [-0.2, 0) is 4.79 Å². The van der Waals surface area contributed by atoms with Crippen LogP contribution < -0.4 is 10.1 Å². The number of benzene rings is 2. The fourth-order valence-electron chi connectivity index (χ4n) is 2.36. The molecule has 2 aromatic rings. The molecule has 0 unspecified atom stereocenters. The Balaban J connectivity index is 1.71. The minimum Gasteiger partial charge on any atom is -0.497 e. The minimum absolute atomic E-state index is 0.142. The van der Waals surface area contributed by atoms with Crippen molar-refractivity contribution in [2.24, 2.45) is 0 Å². The van der Waals surface area contributed by atoms with Crippen LogP contribution in [0.5, 0.6) is 5.75 Å². The van der Waals surface area contributed by atoms with Gasteiger partial charge in [0.15, 0.2) is 0 Å². The lowest BCUT2D eigenvalue weighted by Crippen LogP contribution is -2.33. The Morgan fingerprint density at radius 2 is 1.92 bits per heavy atom. The summed E-state index contributed by atoms with van der Waals surface area (Å²) in [6.45, 7) is 2.15. The van der Waals surface area contributed by atoms with Crippen LogP contribution >= 0.6 is 11.8 Å². The highest BCUT2D eigenvalue weighted by Gasteiger charge is 2.34. The van der Waals surface area contributed by atoms with Crippen molar-refractivity contribution >= 4 is 34.7 Å². The van der Waals surface area contributed by atoms with Crippen molar-refractivity contribution in [2.75, 3.05) is 19.1 Å². The van der Waals surface area contributed by atoms with Gasteiger partial charge in [-0.2, -0.15) is 0 Å². The molecule has 128 valence electrons. The molecule has 1 saturated heterocycles. The highest BCUT2D eigenvalue weighted by atomic mass is 32.2. The number of aryl methyl sites for hydroxylation is 1. The van der Waals surface area contributed by atoms with Crippen molar-refractivity contribution < 1.29 is 14.3 Å². The first-order chi connectivity index (χ1) is 12.1. The van der Waals surface area contributed by atoms with Crippen molar-refractivity contribution in [3.63, 3.8) is 0 Å². The Labute approximate surface area is 150 Å². The zero-order valence-corrected chi connectivity index (χ0v) is 14.8. The van der Waals surface area contributed by atoms with Crippen molar-refractivity contribution in [3.05, 3.63) is 64.6 Å². The molecular weight excluding hydrogens is 336 g/mol. The molecule has 25 heavy (non-hydrogen) atoms. The average molecular weight is 354 g/mol. The number of methoxy groups -OCH3 is 1. The van der Waals surface area contributed by atoms with E-state index in [4.69, 9.17) is 4.74 Å². The van der Waals surface area contributed by atoms with Crippen molar-refractivity contribution in [1.82, 2.24) is 4.90 Å². The number of hydrogen-bond acceptors (Lipinski definition) is 5. The van der Waals surface area contributed by atoms with E-state index in [2.05, 4.69) is 5.32 Å². The molecule has 0 aliphatic carbocycles. The number of ether oxygens (including phenoxy) is 1. The molecule has 2 aromatic carbocycles. The Bertz CT molecular complexity index is 831. The summed E-state index contributed by atoms with van der Waals surface area (Å²) in [5, 5.41) is 2.82. The molecule has 0 saturated carbocycles. The molecule has 2 amide bonds. The van der Waals surface area contributed by atoms with Gasteiger partial charge in [-0.25, -0.2) is 0 Å². The third-order valence-corrected chi connectivity index (χ3v) is 4.67. The van der Waals surface area contributed by atoms with Gasteiger partial charge in [-0.3, -0.25) is 14.5 Å². The summed E-state index contributed by atoms with van der Waals surface area (Å²) in [7, 11) is 1.59. The van der Waals surface area contributed by atoms with Crippen molar-refractivity contribution in [1.29, 1.82) is 0 Å². The van der Waals surface area contributed by atoms with Gasteiger partial charge in [-0.05, 0) is 54.6 Å². The molecule has 0 bridgehead atoms. The van der Waals surface area contributed by atoms with Crippen LogP contribution in [-0.4, -0.2) is 29.8 Å². The quantitative estimate of drug-likeness (QED) is 0.819. The zero-order valence-electron chi connectivity index (χ0n) is 14.0. The predicted molar refractivity (Wildman–Crippen MR) is 100 cm³/mol. The topological polar surface area (TPSA) is 58.6 Å². The van der Waals surface area contributed by atoms with Crippen LogP contribution in [0, 0.1) is 6.92 Å². The molecule has 1 heterocycles. The number of carbonyl (C=O) groups excluding carboxylic acids is 2. The van der Waals surface area contributed by atoms with E-state index in [1.165, 1.54) is 4.90 Å². The second-order valence-corrected chi connectivity index (χ2v) is 6.58. The maximum atomic E-state index is 12.5. The molecule has 1 aliphatic rings. The zero-order chi connectivity index (χ0) is 17.8. The number of hydrogen-bond donors (Lipinski definition) is 1. The Kier molecular flexibility index (Phi) is 5.09. The van der Waals surface area contributed by atoms with Gasteiger partial charge in [0.25, 0.3) is 11.1 Å². The van der Waals surface area contributed by atoms with Crippen LogP contribution in [0.1, 0.15) is 11.1 Å². The molecule has 3 rings (SSSR count). The SMILES string of the molecule is COc1cccc(/C=C2/SC(=O)N(CNc3ccc(C)cc3)C2=O)c1. The first kappa shape index (κ1) is 17.1. The number of carbonyl (C=O) groups is 2. The molecule has 0 aromatic heterocycles. The Morgan fingerprint density at radius 1 is 1.16 bits per heavy atom. The molecule has 1 aliphatic heterocycles. The minimum atomic E-state index is -0.294. The van der Waals surface area contributed by atoms with E-state index in [1.54, 1.807) is 13.2 Å². The van der Waals surface area contributed by atoms with Crippen molar-refractivity contribution in [2.45, 2.75) is 6.92 Å². The third kappa shape index (κ3) is 4.03. The molecule has 1 N–H and O–H groups in total. The maximum Gasteiger partial charge on any atom is 0.295 e. The predicted octanol–water partition coefficient (Wildman–Crippen LogP) is 4.11. The lowest BCUT2D eigenvalue weighted by atomic mass is 10.2. The summed E-state index contributed by atoms with van der Waals surface area (Å²) in [5.74, 6) is 0.409. The summed E-state index contributed by atoms with van der Waals surface area (Å²) in [4.78, 5) is 26.3. The van der Waals surface area contributed by atoms with Gasteiger partial charge in [-0.15, -0.1) is 0 Å². The second kappa shape index (κ2) is 7.44. The van der Waals surface area contributed by atoms with E-state index in [0.717, 1.165) is 28.6 Å². The maximum absolute atomic E-state index is 12.5. The van der Waals surface area contributed by atoms with Gasteiger partial charge in [-0.1, -0.05) is 29.8 Å². The Morgan fingerprint density at radius 3 is 2.64 bits per heavy atom. The molecule has 0 radical (unpaired) electrons. The number of rotatable bonds is 5. The first-order valence-corrected chi connectivity index (χ1v) is 8.58. The van der Waals surface area contributed by atoms with Crippen molar-refractivity contribution in [3.8, 4) is 5.75 Å². The van der Waals surface area contributed by atoms with Gasteiger partial charge >= 0.3 is 0 Å². The fraction of sp³-hybridized carbons (Fsp3) is 0.158. The monoisotopic (exact) mass is 354 g/mol. The van der Waals surface area contributed by atoms with Gasteiger partial charge in [0.2, 0.25) is 0 Å². The summed E-state index contributed by atoms with van der Waals surface area (Å²) in [5.41, 5.74) is 2.83. The molecular formula is C19H18N2O3S. The van der Waals surface area contributed by atoms with Crippen LogP contribution in [0.3, 0.4) is 0 Å². The normalized spacial score (nSPS) is 15.8. The smallest absolute Gasteiger partial charge is 0.295 e. The molecule has 0 atom stereocenters. The van der Waals surface area contributed by atoms with E-state index >= 15 is 0 Å². The summed E-state index contributed by atoms with van der Waals surface area (Å²) in [6.07, 6.45) is 1.71. The van der Waals surface area contributed by atoms with Crippen LogP contribution in [0.2, 0.25) is 0 Å². The summed E-state index contributed by atoms with van der Waals surface area (Å²) in [6, 6.07) is 15.1. The molecule has 5 nitrogen and oxygen atoms in total. The lowest BCUT2D eigenvalue weighted by molar-refractivity contribution is -0.122. The molecule has 1 fully saturated rings. The number of anilines is 1. The summed E-state index contributed by atoms with van der Waals surface area (Å²) < 4.78 is 5.18. The fourth-order valence-corrected chi connectivity index (χ4v) is 3.20.